The molecular weight excluding hydrogens is 358 g/mol. The Bertz CT molecular complexity index is 915. The van der Waals surface area contributed by atoms with Crippen LogP contribution in [0, 0.1) is 0 Å². The van der Waals surface area contributed by atoms with E-state index in [2.05, 4.69) is 55.5 Å². The van der Waals surface area contributed by atoms with Gasteiger partial charge in [-0.2, -0.15) is 20.1 Å². The molecule has 2 heterocycles. The van der Waals surface area contributed by atoms with Crippen LogP contribution in [0.3, 0.4) is 0 Å². The van der Waals surface area contributed by atoms with Crippen LogP contribution in [-0.4, -0.2) is 39.3 Å². The number of unbranched alkanes of at least 4 members (excludes halogenated alkanes) is 3. The fourth-order valence-corrected chi connectivity index (χ4v) is 4.46. The molecule has 0 fully saturated rings. The van der Waals surface area contributed by atoms with Crippen LogP contribution in [0.4, 0.5) is 0 Å². The number of hydrogen-bond donors (Lipinski definition) is 0. The molecule has 1 aromatic heterocycles. The molecule has 0 bridgehead atoms. The number of aromatic nitrogens is 3. The molecule has 5 nitrogen and oxygen atoms in total. The summed E-state index contributed by atoms with van der Waals surface area (Å²) in [4.78, 5) is 1.96. The normalized spacial score (nSPS) is 21.3. The Kier molecular flexibility index (Phi) is 5.93. The molecule has 4 rings (SSSR count). The standard InChI is InChI=1S/C24H31N5/c1-3-4-5-11-18-24(29-26-21-14-9-10-15-22(21)27-29)19-25-28(2)23(24)17-16-20-12-7-6-8-13-20/h6-10,12-15,19,23H,3-5,11,16-18H2,1-2H3. The molecule has 2 atom stereocenters. The van der Waals surface area contributed by atoms with Crippen molar-refractivity contribution in [2.24, 2.45) is 5.10 Å². The van der Waals surface area contributed by atoms with Crippen molar-refractivity contribution in [3.05, 3.63) is 60.2 Å². The molecule has 152 valence electrons. The number of nitrogens with zero attached hydrogens (tertiary/aromatic N) is 5. The van der Waals surface area contributed by atoms with Crippen molar-refractivity contribution >= 4 is 17.2 Å². The number of hydrazone groups is 1. The molecule has 0 spiro atoms. The summed E-state index contributed by atoms with van der Waals surface area (Å²) in [5, 5.41) is 16.6. The number of hydrogen-bond acceptors (Lipinski definition) is 4. The van der Waals surface area contributed by atoms with E-state index in [1.54, 1.807) is 0 Å². The second kappa shape index (κ2) is 8.76. The van der Waals surface area contributed by atoms with Crippen LogP contribution in [0.1, 0.15) is 51.0 Å². The maximum Gasteiger partial charge on any atom is 0.141 e. The Balaban J connectivity index is 1.64. The van der Waals surface area contributed by atoms with Crippen LogP contribution in [0.15, 0.2) is 59.7 Å². The van der Waals surface area contributed by atoms with Crippen LogP contribution < -0.4 is 0 Å². The van der Waals surface area contributed by atoms with Crippen molar-refractivity contribution < 1.29 is 0 Å². The summed E-state index contributed by atoms with van der Waals surface area (Å²) >= 11 is 0. The van der Waals surface area contributed by atoms with Gasteiger partial charge in [0.05, 0.1) is 12.3 Å². The molecule has 0 amide bonds. The molecule has 0 N–H and O–H groups in total. The van der Waals surface area contributed by atoms with Gasteiger partial charge in [0.15, 0.2) is 0 Å². The molecule has 1 aliphatic heterocycles. The summed E-state index contributed by atoms with van der Waals surface area (Å²) in [5.74, 6) is 0. The zero-order valence-corrected chi connectivity index (χ0v) is 17.5. The van der Waals surface area contributed by atoms with E-state index in [0.717, 1.165) is 36.7 Å². The van der Waals surface area contributed by atoms with Crippen LogP contribution in [0.25, 0.3) is 11.0 Å². The second-order valence-corrected chi connectivity index (χ2v) is 8.14. The monoisotopic (exact) mass is 389 g/mol. The van der Waals surface area contributed by atoms with Crippen LogP contribution >= 0.6 is 0 Å². The van der Waals surface area contributed by atoms with Crippen molar-refractivity contribution in [3.63, 3.8) is 0 Å². The molecule has 0 radical (unpaired) electrons. The van der Waals surface area contributed by atoms with Crippen LogP contribution in [-0.2, 0) is 12.0 Å². The predicted molar refractivity (Wildman–Crippen MR) is 119 cm³/mol. The minimum absolute atomic E-state index is 0.242. The predicted octanol–water partition coefficient (Wildman–Crippen LogP) is 5.03. The van der Waals surface area contributed by atoms with E-state index in [4.69, 9.17) is 15.3 Å². The van der Waals surface area contributed by atoms with Crippen molar-refractivity contribution in [1.82, 2.24) is 20.0 Å². The first-order valence-corrected chi connectivity index (χ1v) is 10.9. The quantitative estimate of drug-likeness (QED) is 0.482. The highest BCUT2D eigenvalue weighted by atomic mass is 15.6. The average Bonchev–Trinajstić information content (AvgIpc) is 3.32. The summed E-state index contributed by atoms with van der Waals surface area (Å²) in [6.45, 7) is 2.25. The summed E-state index contributed by atoms with van der Waals surface area (Å²) in [5.41, 5.74) is 2.97. The Morgan fingerprint density at radius 2 is 1.59 bits per heavy atom. The molecule has 3 aromatic rings. The third-order valence-electron chi connectivity index (χ3n) is 6.13. The van der Waals surface area contributed by atoms with Gasteiger partial charge in [0.1, 0.15) is 16.6 Å². The summed E-state index contributed by atoms with van der Waals surface area (Å²) in [6, 6.07) is 19.1. The summed E-state index contributed by atoms with van der Waals surface area (Å²) in [7, 11) is 2.09. The van der Waals surface area contributed by atoms with Gasteiger partial charge in [-0.1, -0.05) is 75.1 Å². The van der Waals surface area contributed by atoms with Gasteiger partial charge in [-0.05, 0) is 37.0 Å². The lowest BCUT2D eigenvalue weighted by Gasteiger charge is -2.35. The van der Waals surface area contributed by atoms with Gasteiger partial charge in [0.25, 0.3) is 0 Å². The van der Waals surface area contributed by atoms with E-state index in [1.165, 1.54) is 24.8 Å². The van der Waals surface area contributed by atoms with Gasteiger partial charge in [-0.3, -0.25) is 5.01 Å². The third kappa shape index (κ3) is 4.04. The highest BCUT2D eigenvalue weighted by Gasteiger charge is 2.46. The van der Waals surface area contributed by atoms with Gasteiger partial charge >= 0.3 is 0 Å². The number of fused-ring (bicyclic) bond motifs is 1. The highest BCUT2D eigenvalue weighted by molar-refractivity contribution is 5.75. The molecule has 0 aliphatic carbocycles. The van der Waals surface area contributed by atoms with Crippen LogP contribution in [0.5, 0.6) is 0 Å². The van der Waals surface area contributed by atoms with Crippen molar-refractivity contribution in [1.29, 1.82) is 0 Å². The fraction of sp³-hybridized carbons (Fsp3) is 0.458. The number of benzene rings is 2. The van der Waals surface area contributed by atoms with Crippen molar-refractivity contribution in [2.75, 3.05) is 7.05 Å². The Morgan fingerprint density at radius 1 is 0.897 bits per heavy atom. The average molecular weight is 390 g/mol. The van der Waals surface area contributed by atoms with Crippen LogP contribution in [0.2, 0.25) is 0 Å². The maximum absolute atomic E-state index is 4.89. The lowest BCUT2D eigenvalue weighted by atomic mass is 9.83. The minimum Gasteiger partial charge on any atom is -0.294 e. The summed E-state index contributed by atoms with van der Waals surface area (Å²) in [6.07, 6.45) is 10.1. The zero-order chi connectivity index (χ0) is 20.1. The van der Waals surface area contributed by atoms with E-state index in [-0.39, 0.29) is 11.6 Å². The molecule has 0 saturated carbocycles. The SMILES string of the molecule is CCCCCCC1(n2nc3ccccc3n2)C=NN(C)C1CCc1ccccc1. The Labute approximate surface area is 173 Å². The molecule has 0 saturated heterocycles. The Hall–Kier alpha value is -2.69. The van der Waals surface area contributed by atoms with Gasteiger partial charge in [-0.25, -0.2) is 0 Å². The van der Waals surface area contributed by atoms with Gasteiger partial charge in [-0.15, -0.1) is 0 Å². The molecule has 5 heteroatoms. The molecule has 1 aliphatic rings. The molecule has 2 aromatic carbocycles. The first kappa shape index (κ1) is 19.6. The van der Waals surface area contributed by atoms with Gasteiger partial charge in [0, 0.05) is 7.05 Å². The minimum atomic E-state index is -0.295. The molecular formula is C24H31N5. The third-order valence-corrected chi connectivity index (χ3v) is 6.13. The number of rotatable bonds is 9. The molecule has 2 unspecified atom stereocenters. The van der Waals surface area contributed by atoms with E-state index in [9.17, 15) is 0 Å². The highest BCUT2D eigenvalue weighted by Crippen LogP contribution is 2.36. The second-order valence-electron chi connectivity index (χ2n) is 8.14. The summed E-state index contributed by atoms with van der Waals surface area (Å²) < 4.78 is 0. The topological polar surface area (TPSA) is 46.3 Å². The first-order chi connectivity index (χ1) is 14.2. The first-order valence-electron chi connectivity index (χ1n) is 10.9. The molecule has 29 heavy (non-hydrogen) atoms. The van der Waals surface area contributed by atoms with E-state index in [0.29, 0.717) is 0 Å². The number of likely N-dealkylation sites (N-methyl/N-ethyl adjacent to an activating group) is 1. The lowest BCUT2D eigenvalue weighted by molar-refractivity contribution is 0.137. The van der Waals surface area contributed by atoms with E-state index in [1.807, 2.05) is 29.1 Å². The van der Waals surface area contributed by atoms with Crippen molar-refractivity contribution in [2.45, 2.75) is 63.5 Å². The zero-order valence-electron chi connectivity index (χ0n) is 17.5. The fourth-order valence-electron chi connectivity index (χ4n) is 4.46. The number of aryl methyl sites for hydroxylation is 1. The largest absolute Gasteiger partial charge is 0.294 e. The van der Waals surface area contributed by atoms with Crippen molar-refractivity contribution in [3.8, 4) is 0 Å². The van der Waals surface area contributed by atoms with E-state index >= 15 is 0 Å². The smallest absolute Gasteiger partial charge is 0.141 e. The van der Waals surface area contributed by atoms with E-state index < -0.39 is 0 Å². The lowest BCUT2D eigenvalue weighted by Crippen LogP contribution is -2.49. The Morgan fingerprint density at radius 3 is 2.28 bits per heavy atom. The van der Waals surface area contributed by atoms with Gasteiger partial charge in [0.2, 0.25) is 0 Å². The maximum atomic E-state index is 4.89. The van der Waals surface area contributed by atoms with Gasteiger partial charge < -0.3 is 0 Å².